The Morgan fingerprint density at radius 2 is 2.40 bits per heavy atom. The van der Waals surface area contributed by atoms with Crippen LogP contribution in [0.5, 0.6) is 0 Å². The number of thiophene rings is 1. The van der Waals surface area contributed by atoms with Crippen LogP contribution < -0.4 is 5.32 Å². The number of methoxy groups -OCH3 is 1. The molecule has 0 radical (unpaired) electrons. The van der Waals surface area contributed by atoms with E-state index in [0.717, 1.165) is 24.4 Å². The second kappa shape index (κ2) is 6.57. The first kappa shape index (κ1) is 12.2. The van der Waals surface area contributed by atoms with E-state index >= 15 is 0 Å². The number of nitrogens with zero attached hydrogens (tertiary/aromatic N) is 1. The molecule has 4 heteroatoms. The molecule has 1 atom stereocenters. The molecule has 0 saturated heterocycles. The standard InChI is InChI=1S/C11H16N2OS/c1-9(13-6-3-7-14-2)11-5-4-10(8-12)15-11/h4-5,9,13H,3,6-7H2,1-2H3. The Balaban J connectivity index is 2.33. The highest BCUT2D eigenvalue weighted by molar-refractivity contribution is 7.12. The van der Waals surface area contributed by atoms with Crippen molar-refractivity contribution in [3.8, 4) is 6.07 Å². The molecular weight excluding hydrogens is 208 g/mol. The molecular formula is C11H16N2OS. The highest BCUT2D eigenvalue weighted by Crippen LogP contribution is 2.22. The third-order valence-electron chi connectivity index (χ3n) is 2.14. The Kier molecular flexibility index (Phi) is 5.33. The van der Waals surface area contributed by atoms with Crippen LogP contribution in [0.2, 0.25) is 0 Å². The molecule has 1 heterocycles. The van der Waals surface area contributed by atoms with Crippen molar-refractivity contribution < 1.29 is 4.74 Å². The van der Waals surface area contributed by atoms with Crippen LogP contribution in [-0.2, 0) is 4.74 Å². The molecule has 15 heavy (non-hydrogen) atoms. The third kappa shape index (κ3) is 4.00. The zero-order chi connectivity index (χ0) is 11.1. The highest BCUT2D eigenvalue weighted by atomic mass is 32.1. The van der Waals surface area contributed by atoms with Gasteiger partial charge in [-0.25, -0.2) is 0 Å². The maximum atomic E-state index is 8.70. The van der Waals surface area contributed by atoms with Gasteiger partial charge in [0.2, 0.25) is 0 Å². The van der Waals surface area contributed by atoms with Gasteiger partial charge in [-0.2, -0.15) is 5.26 Å². The van der Waals surface area contributed by atoms with Crippen molar-refractivity contribution in [2.75, 3.05) is 20.3 Å². The largest absolute Gasteiger partial charge is 0.385 e. The van der Waals surface area contributed by atoms with Gasteiger partial charge in [0.1, 0.15) is 10.9 Å². The predicted octanol–water partition coefficient (Wildman–Crippen LogP) is 2.31. The minimum absolute atomic E-state index is 0.314. The number of rotatable bonds is 6. The molecule has 1 N–H and O–H groups in total. The fourth-order valence-electron chi connectivity index (χ4n) is 1.28. The van der Waals surface area contributed by atoms with Gasteiger partial charge in [-0.05, 0) is 32.0 Å². The van der Waals surface area contributed by atoms with Crippen molar-refractivity contribution in [3.63, 3.8) is 0 Å². The molecule has 3 nitrogen and oxygen atoms in total. The topological polar surface area (TPSA) is 45.0 Å². The van der Waals surface area contributed by atoms with E-state index in [2.05, 4.69) is 18.3 Å². The first-order chi connectivity index (χ1) is 7.27. The lowest BCUT2D eigenvalue weighted by atomic mass is 10.2. The van der Waals surface area contributed by atoms with Crippen LogP contribution in [0.3, 0.4) is 0 Å². The van der Waals surface area contributed by atoms with E-state index in [0.29, 0.717) is 6.04 Å². The first-order valence-electron chi connectivity index (χ1n) is 5.00. The highest BCUT2D eigenvalue weighted by Gasteiger charge is 2.07. The summed E-state index contributed by atoms with van der Waals surface area (Å²) >= 11 is 1.55. The van der Waals surface area contributed by atoms with Gasteiger partial charge in [0.15, 0.2) is 0 Å². The van der Waals surface area contributed by atoms with Gasteiger partial charge in [-0.15, -0.1) is 11.3 Å². The van der Waals surface area contributed by atoms with E-state index < -0.39 is 0 Å². The van der Waals surface area contributed by atoms with Crippen LogP contribution in [0.1, 0.15) is 29.1 Å². The lowest BCUT2D eigenvalue weighted by molar-refractivity contribution is 0.193. The molecule has 1 aromatic rings. The SMILES string of the molecule is COCCCNC(C)c1ccc(C#N)s1. The average Bonchev–Trinajstić information content (AvgIpc) is 2.72. The monoisotopic (exact) mass is 224 g/mol. The van der Waals surface area contributed by atoms with Gasteiger partial charge < -0.3 is 10.1 Å². The van der Waals surface area contributed by atoms with E-state index in [-0.39, 0.29) is 0 Å². The maximum absolute atomic E-state index is 8.70. The molecule has 1 unspecified atom stereocenters. The Labute approximate surface area is 94.7 Å². The van der Waals surface area contributed by atoms with E-state index in [9.17, 15) is 0 Å². The lowest BCUT2D eigenvalue weighted by Crippen LogP contribution is -2.19. The molecule has 0 aliphatic carbocycles. The second-order valence-corrected chi connectivity index (χ2v) is 4.45. The Hall–Kier alpha value is -0.890. The van der Waals surface area contributed by atoms with Crippen molar-refractivity contribution in [3.05, 3.63) is 21.9 Å². The van der Waals surface area contributed by atoms with Gasteiger partial charge in [-0.3, -0.25) is 0 Å². The maximum Gasteiger partial charge on any atom is 0.110 e. The first-order valence-corrected chi connectivity index (χ1v) is 5.81. The van der Waals surface area contributed by atoms with Crippen LogP contribution >= 0.6 is 11.3 Å². The summed E-state index contributed by atoms with van der Waals surface area (Å²) < 4.78 is 4.97. The van der Waals surface area contributed by atoms with Gasteiger partial charge in [0.05, 0.1) is 0 Å². The number of ether oxygens (including phenoxy) is 1. The van der Waals surface area contributed by atoms with Gasteiger partial charge in [-0.1, -0.05) is 0 Å². The summed E-state index contributed by atoms with van der Waals surface area (Å²) in [5, 5.41) is 12.1. The number of nitriles is 1. The van der Waals surface area contributed by atoms with E-state index in [1.54, 1.807) is 18.4 Å². The second-order valence-electron chi connectivity index (χ2n) is 3.34. The van der Waals surface area contributed by atoms with Crippen LogP contribution in [0.4, 0.5) is 0 Å². The minimum atomic E-state index is 0.314. The average molecular weight is 224 g/mol. The molecule has 0 bridgehead atoms. The summed E-state index contributed by atoms with van der Waals surface area (Å²) in [5.41, 5.74) is 0. The van der Waals surface area contributed by atoms with Crippen molar-refractivity contribution in [1.29, 1.82) is 5.26 Å². The fourth-order valence-corrected chi connectivity index (χ4v) is 2.11. The van der Waals surface area contributed by atoms with Gasteiger partial charge in [0, 0.05) is 24.6 Å². The molecule has 82 valence electrons. The molecule has 0 aliphatic rings. The van der Waals surface area contributed by atoms with Crippen molar-refractivity contribution in [2.45, 2.75) is 19.4 Å². The van der Waals surface area contributed by atoms with Crippen LogP contribution in [0, 0.1) is 11.3 Å². The smallest absolute Gasteiger partial charge is 0.110 e. The molecule has 0 spiro atoms. The minimum Gasteiger partial charge on any atom is -0.385 e. The third-order valence-corrected chi connectivity index (χ3v) is 3.31. The summed E-state index contributed by atoms with van der Waals surface area (Å²) in [6, 6.07) is 6.34. The van der Waals surface area contributed by atoms with Crippen molar-refractivity contribution >= 4 is 11.3 Å². The zero-order valence-electron chi connectivity index (χ0n) is 9.12. The Morgan fingerprint density at radius 3 is 3.00 bits per heavy atom. The van der Waals surface area contributed by atoms with E-state index in [4.69, 9.17) is 10.00 Å². The number of hydrogen-bond donors (Lipinski definition) is 1. The Morgan fingerprint density at radius 1 is 1.60 bits per heavy atom. The molecule has 1 rings (SSSR count). The quantitative estimate of drug-likeness (QED) is 0.754. The number of nitrogens with one attached hydrogen (secondary N) is 1. The van der Waals surface area contributed by atoms with Crippen molar-refractivity contribution in [1.82, 2.24) is 5.32 Å². The van der Waals surface area contributed by atoms with Gasteiger partial charge >= 0.3 is 0 Å². The Bertz CT molecular complexity index is 330. The molecule has 0 aromatic carbocycles. The summed E-state index contributed by atoms with van der Waals surface area (Å²) in [4.78, 5) is 1.99. The van der Waals surface area contributed by atoms with Crippen LogP contribution in [0.25, 0.3) is 0 Å². The molecule has 1 aromatic heterocycles. The number of hydrogen-bond acceptors (Lipinski definition) is 4. The summed E-state index contributed by atoms with van der Waals surface area (Å²) in [7, 11) is 1.71. The molecule has 0 amide bonds. The summed E-state index contributed by atoms with van der Waals surface area (Å²) in [6.45, 7) is 3.84. The molecule has 0 fully saturated rings. The zero-order valence-corrected chi connectivity index (χ0v) is 9.93. The summed E-state index contributed by atoms with van der Waals surface area (Å²) in [5.74, 6) is 0. The van der Waals surface area contributed by atoms with E-state index in [1.165, 1.54) is 4.88 Å². The normalized spacial score (nSPS) is 12.3. The summed E-state index contributed by atoms with van der Waals surface area (Å²) in [6.07, 6.45) is 1.01. The lowest BCUT2D eigenvalue weighted by Gasteiger charge is -2.11. The molecule has 0 saturated carbocycles. The van der Waals surface area contributed by atoms with Gasteiger partial charge in [0.25, 0.3) is 0 Å². The van der Waals surface area contributed by atoms with Crippen LogP contribution in [-0.4, -0.2) is 20.3 Å². The van der Waals surface area contributed by atoms with Crippen molar-refractivity contribution in [2.24, 2.45) is 0 Å². The predicted molar refractivity (Wildman–Crippen MR) is 61.9 cm³/mol. The fraction of sp³-hybridized carbons (Fsp3) is 0.545. The molecule has 0 aliphatic heterocycles. The van der Waals surface area contributed by atoms with E-state index in [1.807, 2.05) is 12.1 Å². The van der Waals surface area contributed by atoms with Crippen LogP contribution in [0.15, 0.2) is 12.1 Å².